The van der Waals surface area contributed by atoms with Gasteiger partial charge in [-0.3, -0.25) is 4.21 Å². The third-order valence-electron chi connectivity index (χ3n) is 0. The molecule has 3 nitrogen and oxygen atoms in total. The monoisotopic (exact) mass is 262 g/mol. The summed E-state index contributed by atoms with van der Waals surface area (Å²) < 4.78 is 25.3. The third kappa shape index (κ3) is 2130. The summed E-state index contributed by atoms with van der Waals surface area (Å²) in [4.78, 5) is 0. The average Bonchev–Trinajstić information content (AvgIpc) is 1.45. The second kappa shape index (κ2) is 9.18. The molecule has 0 atom stereocenters. The molecule has 0 aromatic rings. The molecule has 0 rings (SSSR count). The first kappa shape index (κ1) is 20.4. The third-order valence-corrected chi connectivity index (χ3v) is 0. The molecule has 0 saturated heterocycles. The van der Waals surface area contributed by atoms with E-state index < -0.39 is 11.4 Å². The lowest BCUT2D eigenvalue weighted by molar-refractivity contribution is 0.419. The van der Waals surface area contributed by atoms with Crippen LogP contribution in [-0.2, 0) is 11.4 Å². The van der Waals surface area contributed by atoms with Gasteiger partial charge < -0.3 is 9.11 Å². The van der Waals surface area contributed by atoms with Gasteiger partial charge in [-0.1, -0.05) is 0 Å². The molecule has 0 amide bonds. The Morgan fingerprint density at radius 1 is 0.714 bits per heavy atom. The van der Waals surface area contributed by atoms with E-state index >= 15 is 0 Å². The van der Waals surface area contributed by atoms with E-state index in [9.17, 15) is 0 Å². The summed E-state index contributed by atoms with van der Waals surface area (Å²) >= 11 is -3.11. The summed E-state index contributed by atoms with van der Waals surface area (Å²) in [6, 6.07) is 0. The standard InChI is InChI=1S/2C4H12P.H2O3S/c2*1-5(2,3)4;1-4(2)3/h2*1-4H3;(H2,1,2,3)/q2*+1;/p-2. The summed E-state index contributed by atoms with van der Waals surface area (Å²) in [6.45, 7) is 18.4. The smallest absolute Gasteiger partial charge is 0.0481 e. The molecule has 0 aliphatic heterocycles. The second-order valence-corrected chi connectivity index (χ2v) is 16.7. The van der Waals surface area contributed by atoms with Crippen LogP contribution in [-0.4, -0.2) is 66.6 Å². The molecular weight excluding hydrogens is 238 g/mol. The minimum atomic E-state index is -3.11. The topological polar surface area (TPSA) is 63.2 Å². The van der Waals surface area contributed by atoms with Crippen LogP contribution in [0.2, 0.25) is 0 Å². The molecule has 0 aliphatic rings. The van der Waals surface area contributed by atoms with Gasteiger partial charge in [-0.05, 0) is 0 Å². The fourth-order valence-electron chi connectivity index (χ4n) is 0. The first-order valence-corrected chi connectivity index (χ1v) is 12.2. The normalized spacial score (nSPS) is 11.1. The lowest BCUT2D eigenvalue weighted by Gasteiger charge is -2.03. The van der Waals surface area contributed by atoms with Gasteiger partial charge in [0.1, 0.15) is 0 Å². The van der Waals surface area contributed by atoms with Crippen molar-refractivity contribution in [2.45, 2.75) is 0 Å². The average molecular weight is 262 g/mol. The van der Waals surface area contributed by atoms with Crippen molar-refractivity contribution in [3.8, 4) is 0 Å². The lowest BCUT2D eigenvalue weighted by atomic mass is 11.8. The van der Waals surface area contributed by atoms with Crippen LogP contribution in [0.25, 0.3) is 0 Å². The fraction of sp³-hybridized carbons (Fsp3) is 1.00. The number of hydrogen-bond acceptors (Lipinski definition) is 3. The van der Waals surface area contributed by atoms with Crippen LogP contribution in [0.3, 0.4) is 0 Å². The molecule has 0 saturated carbocycles. The zero-order valence-electron chi connectivity index (χ0n) is 10.5. The van der Waals surface area contributed by atoms with Crippen molar-refractivity contribution in [1.82, 2.24) is 0 Å². The maximum atomic E-state index is 8.44. The van der Waals surface area contributed by atoms with Crippen molar-refractivity contribution in [3.63, 3.8) is 0 Å². The maximum absolute atomic E-state index is 8.44. The van der Waals surface area contributed by atoms with E-state index in [0.717, 1.165) is 0 Å². The van der Waals surface area contributed by atoms with Crippen molar-refractivity contribution in [1.29, 1.82) is 0 Å². The first-order valence-electron chi connectivity index (χ1n) is 4.08. The van der Waals surface area contributed by atoms with E-state index in [0.29, 0.717) is 0 Å². The molecule has 0 radical (unpaired) electrons. The Morgan fingerprint density at radius 2 is 0.714 bits per heavy atom. The predicted molar refractivity (Wildman–Crippen MR) is 70.9 cm³/mol. The van der Waals surface area contributed by atoms with Gasteiger partial charge >= 0.3 is 0 Å². The van der Waals surface area contributed by atoms with Crippen molar-refractivity contribution >= 4 is 25.9 Å². The van der Waals surface area contributed by atoms with Crippen LogP contribution in [0.1, 0.15) is 0 Å². The summed E-state index contributed by atoms with van der Waals surface area (Å²) in [5.74, 6) is 0. The highest BCUT2D eigenvalue weighted by atomic mass is 32.2. The number of hydrogen-bond donors (Lipinski definition) is 0. The SMILES string of the molecule is C[P+](C)(C)C.C[P+](C)(C)C.O=S([O-])[O-]. The molecule has 90 valence electrons. The molecular formula is C8H24O3P2S. The predicted octanol–water partition coefficient (Wildman–Crippen LogP) is 2.04. The molecule has 6 heteroatoms. The van der Waals surface area contributed by atoms with Gasteiger partial charge in [-0.2, -0.15) is 0 Å². The van der Waals surface area contributed by atoms with Crippen LogP contribution in [0.15, 0.2) is 0 Å². The molecule has 0 spiro atoms. The van der Waals surface area contributed by atoms with Gasteiger partial charge in [0, 0.05) is 67.8 Å². The molecule has 0 fully saturated rings. The Hall–Kier alpha value is 0.930. The van der Waals surface area contributed by atoms with Gasteiger partial charge in [-0.25, -0.2) is 0 Å². The van der Waals surface area contributed by atoms with E-state index in [2.05, 4.69) is 53.3 Å². The zero-order chi connectivity index (χ0) is 12.6. The Balaban J connectivity index is -0.000000131. The van der Waals surface area contributed by atoms with Crippen LogP contribution in [0.4, 0.5) is 0 Å². The molecule has 0 heterocycles. The summed E-state index contributed by atoms with van der Waals surface area (Å²) in [7, 11) is -0.778. The van der Waals surface area contributed by atoms with Crippen LogP contribution >= 0.6 is 14.5 Å². The van der Waals surface area contributed by atoms with E-state index in [4.69, 9.17) is 13.3 Å². The van der Waals surface area contributed by atoms with Gasteiger partial charge in [0.2, 0.25) is 0 Å². The summed E-state index contributed by atoms with van der Waals surface area (Å²) in [5.41, 5.74) is 0. The highest BCUT2D eigenvalue weighted by Gasteiger charge is 2.03. The van der Waals surface area contributed by atoms with Gasteiger partial charge in [0.25, 0.3) is 0 Å². The number of rotatable bonds is 0. The van der Waals surface area contributed by atoms with Crippen molar-refractivity contribution in [3.05, 3.63) is 0 Å². The molecule has 0 aromatic heterocycles. The Bertz CT molecular complexity index is 122. The fourth-order valence-corrected chi connectivity index (χ4v) is 0. The molecule has 0 bridgehead atoms. The first-order chi connectivity index (χ1) is 5.73. The quantitative estimate of drug-likeness (QED) is 0.495. The van der Waals surface area contributed by atoms with E-state index in [1.54, 1.807) is 0 Å². The molecule has 0 N–H and O–H groups in total. The molecule has 0 aliphatic carbocycles. The van der Waals surface area contributed by atoms with Gasteiger partial charge in [-0.15, -0.1) is 11.4 Å². The minimum absolute atomic E-state index is 0.389. The Kier molecular flexibility index (Phi) is 13.3. The van der Waals surface area contributed by atoms with Crippen LogP contribution in [0, 0.1) is 0 Å². The maximum Gasteiger partial charge on any atom is 0.0481 e. The molecule has 14 heavy (non-hydrogen) atoms. The van der Waals surface area contributed by atoms with Gasteiger partial charge in [0.05, 0.1) is 0 Å². The van der Waals surface area contributed by atoms with Crippen molar-refractivity contribution < 1.29 is 13.3 Å². The van der Waals surface area contributed by atoms with E-state index in [1.165, 1.54) is 0 Å². The summed E-state index contributed by atoms with van der Waals surface area (Å²) in [6.07, 6.45) is 0. The van der Waals surface area contributed by atoms with Crippen molar-refractivity contribution in [2.75, 3.05) is 53.3 Å². The van der Waals surface area contributed by atoms with Crippen molar-refractivity contribution in [2.24, 2.45) is 0 Å². The van der Waals surface area contributed by atoms with Crippen LogP contribution < -0.4 is 0 Å². The highest BCUT2D eigenvalue weighted by Crippen LogP contribution is 2.40. The summed E-state index contributed by atoms with van der Waals surface area (Å²) in [5, 5.41) is 0. The lowest BCUT2D eigenvalue weighted by Crippen LogP contribution is -1.76. The van der Waals surface area contributed by atoms with E-state index in [1.807, 2.05) is 0 Å². The second-order valence-electron chi connectivity index (χ2n) is 5.57. The van der Waals surface area contributed by atoms with E-state index in [-0.39, 0.29) is 14.5 Å². The minimum Gasteiger partial charge on any atom is -0.784 e. The Morgan fingerprint density at radius 3 is 0.714 bits per heavy atom. The largest absolute Gasteiger partial charge is 0.784 e. The van der Waals surface area contributed by atoms with Crippen LogP contribution in [0.5, 0.6) is 0 Å². The molecule has 0 unspecified atom stereocenters. The zero-order valence-corrected chi connectivity index (χ0v) is 13.1. The van der Waals surface area contributed by atoms with Gasteiger partial charge in [0.15, 0.2) is 0 Å². The Labute approximate surface area is 92.9 Å². The molecule has 0 aromatic carbocycles. The highest BCUT2D eigenvalue weighted by molar-refractivity contribution is 7.73.